The number of amides is 2. The van der Waals surface area contributed by atoms with E-state index < -0.39 is 11.3 Å². The van der Waals surface area contributed by atoms with Gasteiger partial charge in [0.15, 0.2) is 5.41 Å². The van der Waals surface area contributed by atoms with E-state index in [0.717, 1.165) is 37.7 Å². The summed E-state index contributed by atoms with van der Waals surface area (Å²) in [6, 6.07) is 9.29. The van der Waals surface area contributed by atoms with Gasteiger partial charge >= 0.3 is 0 Å². The van der Waals surface area contributed by atoms with Crippen LogP contribution >= 0.6 is 11.6 Å². The van der Waals surface area contributed by atoms with E-state index in [-0.39, 0.29) is 23.8 Å². The second kappa shape index (κ2) is 5.07. The third-order valence-corrected chi connectivity index (χ3v) is 5.89. The average molecular weight is 329 g/mol. The van der Waals surface area contributed by atoms with Gasteiger partial charge in [-0.05, 0) is 30.5 Å². The molecule has 0 aromatic heterocycles. The first-order valence-corrected chi connectivity index (χ1v) is 8.53. The van der Waals surface area contributed by atoms with Crippen LogP contribution in [0.25, 0.3) is 0 Å². The summed E-state index contributed by atoms with van der Waals surface area (Å²) in [5.74, 6) is -1.25. The number of imide groups is 1. The van der Waals surface area contributed by atoms with E-state index in [2.05, 4.69) is 6.07 Å². The average Bonchev–Trinajstić information content (AvgIpc) is 3.20. The van der Waals surface area contributed by atoms with Crippen molar-refractivity contribution < 1.29 is 9.59 Å². The van der Waals surface area contributed by atoms with E-state index in [0.29, 0.717) is 5.02 Å². The summed E-state index contributed by atoms with van der Waals surface area (Å²) in [7, 11) is 0. The summed E-state index contributed by atoms with van der Waals surface area (Å²) >= 11 is 5.90. The van der Waals surface area contributed by atoms with Gasteiger partial charge in [-0.3, -0.25) is 14.5 Å². The predicted octanol–water partition coefficient (Wildman–Crippen LogP) is 3.26. The van der Waals surface area contributed by atoms with Crippen LogP contribution in [0, 0.1) is 22.7 Å². The summed E-state index contributed by atoms with van der Waals surface area (Å²) in [6.45, 7) is 0. The Hall–Kier alpha value is -1.86. The van der Waals surface area contributed by atoms with Gasteiger partial charge in [0.25, 0.3) is 5.91 Å². The molecule has 1 aliphatic heterocycles. The molecule has 0 bridgehead atoms. The largest absolute Gasteiger partial charge is 0.278 e. The predicted molar refractivity (Wildman–Crippen MR) is 84.5 cm³/mol. The number of rotatable bonds is 2. The van der Waals surface area contributed by atoms with Gasteiger partial charge in [0.1, 0.15) is 0 Å². The zero-order valence-electron chi connectivity index (χ0n) is 12.7. The molecule has 1 aromatic rings. The fourth-order valence-electron chi connectivity index (χ4n) is 4.44. The highest BCUT2D eigenvalue weighted by Crippen LogP contribution is 2.69. The van der Waals surface area contributed by atoms with Crippen LogP contribution in [0.5, 0.6) is 0 Å². The Kier molecular flexibility index (Phi) is 3.24. The number of hydrogen-bond acceptors (Lipinski definition) is 3. The number of nitriles is 1. The van der Waals surface area contributed by atoms with Gasteiger partial charge in [-0.15, -0.1) is 0 Å². The first kappa shape index (κ1) is 14.7. The Morgan fingerprint density at radius 1 is 1.09 bits per heavy atom. The topological polar surface area (TPSA) is 61.2 Å². The molecule has 0 spiro atoms. The van der Waals surface area contributed by atoms with Crippen molar-refractivity contribution in [1.29, 1.82) is 5.26 Å². The lowest BCUT2D eigenvalue weighted by Crippen LogP contribution is -2.45. The minimum Gasteiger partial charge on any atom is -0.278 e. The Labute approximate surface area is 140 Å². The molecular formula is C18H17ClN2O2. The quantitative estimate of drug-likeness (QED) is 0.783. The van der Waals surface area contributed by atoms with Crippen molar-refractivity contribution in [2.24, 2.45) is 11.3 Å². The van der Waals surface area contributed by atoms with Gasteiger partial charge in [0, 0.05) is 17.0 Å². The molecule has 5 heteroatoms. The molecule has 0 N–H and O–H groups in total. The molecule has 1 aromatic carbocycles. The van der Waals surface area contributed by atoms with Crippen molar-refractivity contribution in [2.75, 3.05) is 0 Å². The zero-order chi connectivity index (χ0) is 16.2. The molecule has 0 unspecified atom stereocenters. The lowest BCUT2D eigenvalue weighted by Gasteiger charge is -2.31. The second-order valence-electron chi connectivity index (χ2n) is 6.79. The summed E-state index contributed by atoms with van der Waals surface area (Å²) in [5, 5.41) is 10.3. The fraction of sp³-hybridized carbons (Fsp3) is 0.500. The van der Waals surface area contributed by atoms with Crippen LogP contribution in [0.4, 0.5) is 0 Å². The number of halogens is 1. The molecule has 3 fully saturated rings. The Morgan fingerprint density at radius 3 is 2.30 bits per heavy atom. The van der Waals surface area contributed by atoms with Gasteiger partial charge in [-0.25, -0.2) is 0 Å². The minimum atomic E-state index is -1.18. The number of fused-ring (bicyclic) bond motifs is 1. The van der Waals surface area contributed by atoms with Crippen molar-refractivity contribution in [3.8, 4) is 6.07 Å². The van der Waals surface area contributed by atoms with E-state index in [1.165, 1.54) is 4.90 Å². The SMILES string of the molecule is N#C[C@@]12C(=O)N(C3CCCCC3)C(=O)[C@@H]1[C@H]2c1ccc(Cl)cc1. The van der Waals surface area contributed by atoms with Gasteiger partial charge in [-0.1, -0.05) is 43.0 Å². The highest BCUT2D eigenvalue weighted by atomic mass is 35.5. The third-order valence-electron chi connectivity index (χ3n) is 5.64. The maximum absolute atomic E-state index is 12.9. The van der Waals surface area contributed by atoms with Gasteiger partial charge in [0.05, 0.1) is 12.0 Å². The number of hydrogen-bond donors (Lipinski definition) is 0. The highest BCUT2D eigenvalue weighted by molar-refractivity contribution is 6.30. The number of carbonyl (C=O) groups excluding carboxylic acids is 2. The first-order valence-electron chi connectivity index (χ1n) is 8.15. The molecule has 2 saturated carbocycles. The third kappa shape index (κ3) is 1.89. The Balaban J connectivity index is 1.65. The van der Waals surface area contributed by atoms with Crippen molar-refractivity contribution in [3.05, 3.63) is 34.9 Å². The van der Waals surface area contributed by atoms with Crippen molar-refractivity contribution in [2.45, 2.75) is 44.1 Å². The minimum absolute atomic E-state index is 0.00681. The van der Waals surface area contributed by atoms with Gasteiger partial charge < -0.3 is 0 Å². The monoisotopic (exact) mass is 328 g/mol. The van der Waals surface area contributed by atoms with Crippen LogP contribution in [0.2, 0.25) is 5.02 Å². The zero-order valence-corrected chi connectivity index (χ0v) is 13.4. The number of carbonyl (C=O) groups is 2. The molecule has 2 amide bonds. The van der Waals surface area contributed by atoms with E-state index in [1.54, 1.807) is 12.1 Å². The number of likely N-dealkylation sites (tertiary alicyclic amines) is 1. The molecule has 1 saturated heterocycles. The molecule has 4 rings (SSSR count). The van der Waals surface area contributed by atoms with Crippen LogP contribution in [0.15, 0.2) is 24.3 Å². The molecule has 0 radical (unpaired) electrons. The first-order chi connectivity index (χ1) is 11.1. The summed E-state index contributed by atoms with van der Waals surface area (Å²) in [4.78, 5) is 27.1. The lowest BCUT2D eigenvalue weighted by molar-refractivity contribution is -0.145. The van der Waals surface area contributed by atoms with Crippen LogP contribution in [-0.4, -0.2) is 22.8 Å². The summed E-state index contributed by atoms with van der Waals surface area (Å²) in [5.41, 5.74) is -0.325. The number of nitrogens with zero attached hydrogens (tertiary/aromatic N) is 2. The van der Waals surface area contributed by atoms with E-state index in [1.807, 2.05) is 12.1 Å². The van der Waals surface area contributed by atoms with E-state index in [9.17, 15) is 14.9 Å². The standard InChI is InChI=1S/C18H17ClN2O2/c19-12-8-6-11(7-9-12)14-15-16(22)21(13-4-2-1-3-5-13)17(23)18(14,15)10-20/h6-9,13-15H,1-5H2/t14-,15+,18+/m1/s1. The van der Waals surface area contributed by atoms with Crippen LogP contribution in [0.3, 0.4) is 0 Å². The Bertz CT molecular complexity index is 718. The second-order valence-corrected chi connectivity index (χ2v) is 7.23. The van der Waals surface area contributed by atoms with Crippen molar-refractivity contribution >= 4 is 23.4 Å². The summed E-state index contributed by atoms with van der Waals surface area (Å²) in [6.07, 6.45) is 5.00. The van der Waals surface area contributed by atoms with Crippen LogP contribution < -0.4 is 0 Å². The van der Waals surface area contributed by atoms with Crippen LogP contribution in [0.1, 0.15) is 43.6 Å². The van der Waals surface area contributed by atoms with Crippen molar-refractivity contribution in [1.82, 2.24) is 4.90 Å². The molecule has 1 heterocycles. The molecular weight excluding hydrogens is 312 g/mol. The smallest absolute Gasteiger partial charge is 0.251 e. The number of piperidine rings is 1. The molecule has 3 atom stereocenters. The Morgan fingerprint density at radius 2 is 1.74 bits per heavy atom. The molecule has 23 heavy (non-hydrogen) atoms. The molecule has 118 valence electrons. The normalized spacial score (nSPS) is 33.5. The maximum atomic E-state index is 12.9. The van der Waals surface area contributed by atoms with E-state index >= 15 is 0 Å². The van der Waals surface area contributed by atoms with Crippen LogP contribution in [-0.2, 0) is 9.59 Å². The van der Waals surface area contributed by atoms with Gasteiger partial charge in [-0.2, -0.15) is 5.26 Å². The van der Waals surface area contributed by atoms with Gasteiger partial charge in [0.2, 0.25) is 5.91 Å². The lowest BCUT2D eigenvalue weighted by atomic mass is 9.92. The molecule has 2 aliphatic carbocycles. The van der Waals surface area contributed by atoms with Crippen molar-refractivity contribution in [3.63, 3.8) is 0 Å². The van der Waals surface area contributed by atoms with E-state index in [4.69, 9.17) is 11.6 Å². The fourth-order valence-corrected chi connectivity index (χ4v) is 4.56. The maximum Gasteiger partial charge on any atom is 0.251 e. The molecule has 3 aliphatic rings. The molecule has 4 nitrogen and oxygen atoms in total. The number of benzene rings is 1. The summed E-state index contributed by atoms with van der Waals surface area (Å²) < 4.78 is 0. The highest BCUT2D eigenvalue weighted by Gasteiger charge is 2.81.